The fourth-order valence-corrected chi connectivity index (χ4v) is 2.61. The minimum absolute atomic E-state index is 0.111. The molecule has 4 N–H and O–H groups in total. The number of hydrogen-bond donors (Lipinski definition) is 3. The Labute approximate surface area is 116 Å². The lowest BCUT2D eigenvalue weighted by atomic mass is 10.1. The largest absolute Gasteiger partial charge is 0.478 e. The zero-order chi connectivity index (χ0) is 13.7. The number of rotatable bonds is 6. The topological polar surface area (TPSA) is 75.3 Å². The summed E-state index contributed by atoms with van der Waals surface area (Å²) in [6, 6.07) is 3.16. The number of carboxylic acid groups (broad SMARTS) is 1. The fraction of sp³-hybridized carbons (Fsp3) is 0.417. The highest BCUT2D eigenvalue weighted by Gasteiger charge is 2.17. The number of carbonyl (C=O) groups is 1. The third-order valence-electron chi connectivity index (χ3n) is 2.55. The number of nitrogens with one attached hydrogen (secondary N) is 1. The second-order valence-electron chi connectivity index (χ2n) is 3.94. The van der Waals surface area contributed by atoms with Crippen molar-refractivity contribution in [1.82, 2.24) is 0 Å². The highest BCUT2D eigenvalue weighted by molar-refractivity contribution is 7.98. The van der Waals surface area contributed by atoms with E-state index in [-0.39, 0.29) is 11.6 Å². The molecule has 100 valence electrons. The van der Waals surface area contributed by atoms with Gasteiger partial charge in [-0.2, -0.15) is 11.8 Å². The lowest BCUT2D eigenvalue weighted by Crippen LogP contribution is -2.23. The Kier molecular flexibility index (Phi) is 5.62. The van der Waals surface area contributed by atoms with E-state index in [0.717, 1.165) is 12.2 Å². The number of aromatic carboxylic acids is 1. The number of hydrogen-bond acceptors (Lipinski definition) is 4. The van der Waals surface area contributed by atoms with Gasteiger partial charge in [-0.1, -0.05) is 18.5 Å². The number of thioether (sulfide) groups is 1. The van der Waals surface area contributed by atoms with E-state index in [1.807, 2.05) is 13.2 Å². The van der Waals surface area contributed by atoms with Gasteiger partial charge < -0.3 is 16.2 Å². The smallest absolute Gasteiger partial charge is 0.337 e. The first-order valence-corrected chi connectivity index (χ1v) is 7.34. The number of nitrogen functional groups attached to an aromatic ring is 1. The van der Waals surface area contributed by atoms with Crippen molar-refractivity contribution in [3.8, 4) is 0 Å². The molecule has 0 aliphatic rings. The van der Waals surface area contributed by atoms with Crippen LogP contribution >= 0.6 is 23.4 Å². The highest BCUT2D eigenvalue weighted by atomic mass is 35.5. The summed E-state index contributed by atoms with van der Waals surface area (Å²) in [4.78, 5) is 11.2. The Bertz CT molecular complexity index is 440. The van der Waals surface area contributed by atoms with Gasteiger partial charge in [0.05, 0.1) is 16.3 Å². The van der Waals surface area contributed by atoms with E-state index in [2.05, 4.69) is 5.32 Å². The van der Waals surface area contributed by atoms with Gasteiger partial charge in [0.15, 0.2) is 0 Å². The maximum absolute atomic E-state index is 11.2. The van der Waals surface area contributed by atoms with Crippen molar-refractivity contribution >= 4 is 40.7 Å². The Morgan fingerprint density at radius 3 is 2.78 bits per heavy atom. The molecule has 4 nitrogen and oxygen atoms in total. The molecular formula is C12H17ClN2O2S. The first-order valence-electron chi connectivity index (χ1n) is 5.57. The number of nitrogens with two attached hydrogens (primary N) is 1. The molecule has 1 atom stereocenters. The molecule has 1 rings (SSSR count). The van der Waals surface area contributed by atoms with Gasteiger partial charge in [0.2, 0.25) is 0 Å². The molecule has 0 heterocycles. The predicted molar refractivity (Wildman–Crippen MR) is 78.9 cm³/mol. The number of halogens is 1. The zero-order valence-electron chi connectivity index (χ0n) is 10.4. The van der Waals surface area contributed by atoms with Crippen molar-refractivity contribution < 1.29 is 9.90 Å². The average Bonchev–Trinajstić information content (AvgIpc) is 2.30. The second kappa shape index (κ2) is 6.75. The quantitative estimate of drug-likeness (QED) is 0.701. The Balaban J connectivity index is 3.10. The van der Waals surface area contributed by atoms with Gasteiger partial charge in [-0.15, -0.1) is 0 Å². The number of carboxylic acids is 1. The minimum Gasteiger partial charge on any atom is -0.478 e. The maximum Gasteiger partial charge on any atom is 0.337 e. The van der Waals surface area contributed by atoms with Gasteiger partial charge in [-0.3, -0.25) is 0 Å². The van der Waals surface area contributed by atoms with Gasteiger partial charge in [-0.25, -0.2) is 4.79 Å². The lowest BCUT2D eigenvalue weighted by Gasteiger charge is -2.20. The van der Waals surface area contributed by atoms with E-state index in [0.29, 0.717) is 16.4 Å². The molecule has 0 saturated heterocycles. The van der Waals surface area contributed by atoms with Crippen LogP contribution in [0.4, 0.5) is 11.4 Å². The molecule has 0 aliphatic carbocycles. The van der Waals surface area contributed by atoms with Gasteiger partial charge >= 0.3 is 5.97 Å². The molecule has 6 heteroatoms. The summed E-state index contributed by atoms with van der Waals surface area (Å²) in [5.74, 6) is -0.151. The Hall–Kier alpha value is -1.07. The van der Waals surface area contributed by atoms with Crippen molar-refractivity contribution in [2.75, 3.05) is 23.1 Å². The van der Waals surface area contributed by atoms with Crippen LogP contribution in [-0.4, -0.2) is 29.1 Å². The van der Waals surface area contributed by atoms with E-state index < -0.39 is 5.97 Å². The summed E-state index contributed by atoms with van der Waals surface area (Å²) in [6.45, 7) is 2.04. The zero-order valence-corrected chi connectivity index (χ0v) is 11.9. The van der Waals surface area contributed by atoms with E-state index in [4.69, 9.17) is 17.3 Å². The summed E-state index contributed by atoms with van der Waals surface area (Å²) < 4.78 is 0. The SMILES string of the molecule is CCC(CSC)Nc1c(Cl)cc(N)cc1C(=O)O. The van der Waals surface area contributed by atoms with E-state index >= 15 is 0 Å². The van der Waals surface area contributed by atoms with Crippen LogP contribution in [-0.2, 0) is 0 Å². The van der Waals surface area contributed by atoms with Crippen LogP contribution in [0.1, 0.15) is 23.7 Å². The van der Waals surface area contributed by atoms with Gasteiger partial charge in [0.25, 0.3) is 0 Å². The van der Waals surface area contributed by atoms with Gasteiger partial charge in [0, 0.05) is 17.5 Å². The third-order valence-corrected chi connectivity index (χ3v) is 3.59. The fourth-order valence-electron chi connectivity index (χ4n) is 1.61. The molecule has 0 spiro atoms. The normalized spacial score (nSPS) is 12.2. The summed E-state index contributed by atoms with van der Waals surface area (Å²) in [5, 5.41) is 12.7. The van der Waals surface area contributed by atoms with Crippen LogP contribution in [0, 0.1) is 0 Å². The summed E-state index contributed by atoms with van der Waals surface area (Å²) in [5.41, 5.74) is 6.51. The molecular weight excluding hydrogens is 272 g/mol. The van der Waals surface area contributed by atoms with Crippen LogP contribution in [0.5, 0.6) is 0 Å². The summed E-state index contributed by atoms with van der Waals surface area (Å²) in [6.07, 6.45) is 2.90. The van der Waals surface area contributed by atoms with Gasteiger partial charge in [0.1, 0.15) is 0 Å². The molecule has 0 amide bonds. The average molecular weight is 289 g/mol. The molecule has 0 bridgehead atoms. The molecule has 0 saturated carbocycles. The van der Waals surface area contributed by atoms with E-state index in [9.17, 15) is 9.90 Å². The first kappa shape index (κ1) is 15.0. The Morgan fingerprint density at radius 2 is 2.28 bits per heavy atom. The van der Waals surface area contributed by atoms with Crippen molar-refractivity contribution in [2.24, 2.45) is 0 Å². The van der Waals surface area contributed by atoms with Crippen molar-refractivity contribution in [3.63, 3.8) is 0 Å². The molecule has 0 aliphatic heterocycles. The van der Waals surface area contributed by atoms with E-state index in [1.54, 1.807) is 17.8 Å². The first-order chi connectivity index (χ1) is 8.49. The van der Waals surface area contributed by atoms with Crippen molar-refractivity contribution in [1.29, 1.82) is 0 Å². The van der Waals surface area contributed by atoms with Crippen LogP contribution in [0.3, 0.4) is 0 Å². The van der Waals surface area contributed by atoms with Gasteiger partial charge in [-0.05, 0) is 24.8 Å². The number of benzene rings is 1. The van der Waals surface area contributed by atoms with E-state index in [1.165, 1.54) is 6.07 Å². The summed E-state index contributed by atoms with van der Waals surface area (Å²) >= 11 is 7.77. The predicted octanol–water partition coefficient (Wildman–Crippen LogP) is 3.17. The Morgan fingerprint density at radius 1 is 1.61 bits per heavy atom. The molecule has 18 heavy (non-hydrogen) atoms. The number of anilines is 2. The van der Waals surface area contributed by atoms with Crippen LogP contribution in [0.25, 0.3) is 0 Å². The van der Waals surface area contributed by atoms with Crippen LogP contribution in [0.2, 0.25) is 5.02 Å². The molecule has 0 radical (unpaired) electrons. The molecule has 1 aromatic carbocycles. The van der Waals surface area contributed by atoms with Crippen LogP contribution in [0.15, 0.2) is 12.1 Å². The molecule has 0 fully saturated rings. The third kappa shape index (κ3) is 3.71. The van der Waals surface area contributed by atoms with Crippen LogP contribution < -0.4 is 11.1 Å². The monoisotopic (exact) mass is 288 g/mol. The maximum atomic E-state index is 11.2. The highest BCUT2D eigenvalue weighted by Crippen LogP contribution is 2.30. The van der Waals surface area contributed by atoms with Crippen molar-refractivity contribution in [2.45, 2.75) is 19.4 Å². The lowest BCUT2D eigenvalue weighted by molar-refractivity contribution is 0.0698. The standard InChI is InChI=1S/C12H17ClN2O2S/c1-3-8(6-18-2)15-11-9(12(16)17)4-7(14)5-10(11)13/h4-5,8,15H,3,6,14H2,1-2H3,(H,16,17). The molecule has 1 unspecified atom stereocenters. The molecule has 1 aromatic rings. The minimum atomic E-state index is -1.04. The second-order valence-corrected chi connectivity index (χ2v) is 5.25. The molecule has 0 aromatic heterocycles. The van der Waals surface area contributed by atoms with Crippen molar-refractivity contribution in [3.05, 3.63) is 22.7 Å². The summed E-state index contributed by atoms with van der Waals surface area (Å²) in [7, 11) is 0.